The van der Waals surface area contributed by atoms with E-state index in [0.717, 1.165) is 3.57 Å². The zero-order valence-electron chi connectivity index (χ0n) is 16.0. The molecular formula is C18H27IN4O6. The lowest BCUT2D eigenvalue weighted by Crippen LogP contribution is -2.70. The van der Waals surface area contributed by atoms with Crippen molar-refractivity contribution in [2.75, 3.05) is 39.6 Å². The number of ketones is 1. The molecular weight excluding hydrogens is 491 g/mol. The van der Waals surface area contributed by atoms with Crippen molar-refractivity contribution in [2.45, 2.75) is 18.6 Å². The molecule has 0 bridgehead atoms. The Labute approximate surface area is 182 Å². The quantitative estimate of drug-likeness (QED) is 0.104. The summed E-state index contributed by atoms with van der Waals surface area (Å²) in [7, 11) is 0. The molecule has 1 aromatic carbocycles. The van der Waals surface area contributed by atoms with Gasteiger partial charge >= 0.3 is 0 Å². The summed E-state index contributed by atoms with van der Waals surface area (Å²) in [6.07, 6.45) is 1.07. The molecule has 162 valence electrons. The van der Waals surface area contributed by atoms with Crippen LogP contribution in [0.1, 0.15) is 23.2 Å². The number of rotatable bonds is 15. The van der Waals surface area contributed by atoms with Crippen LogP contribution in [0.25, 0.3) is 0 Å². The monoisotopic (exact) mass is 518 g/mol. The van der Waals surface area contributed by atoms with Gasteiger partial charge in [0.25, 0.3) is 5.91 Å². The molecule has 0 radical (unpaired) electrons. The van der Waals surface area contributed by atoms with E-state index in [1.807, 2.05) is 29.6 Å². The molecule has 29 heavy (non-hydrogen) atoms. The van der Waals surface area contributed by atoms with Crippen LogP contribution < -0.4 is 22.5 Å². The maximum Gasteiger partial charge on any atom is 0.273 e. The van der Waals surface area contributed by atoms with Gasteiger partial charge < -0.3 is 25.3 Å². The van der Waals surface area contributed by atoms with Gasteiger partial charge in [-0.05, 0) is 41.1 Å². The summed E-state index contributed by atoms with van der Waals surface area (Å²) in [5.74, 6) is -3.74. The Morgan fingerprint density at radius 1 is 1.00 bits per heavy atom. The zero-order chi connectivity index (χ0) is 21.7. The van der Waals surface area contributed by atoms with E-state index in [2.05, 4.69) is 22.6 Å². The van der Waals surface area contributed by atoms with E-state index in [4.69, 9.17) is 31.4 Å². The molecule has 0 atom stereocenters. The summed E-state index contributed by atoms with van der Waals surface area (Å²) in [5, 5.41) is 2.04. The first-order chi connectivity index (χ1) is 13.7. The van der Waals surface area contributed by atoms with Crippen molar-refractivity contribution in [3.05, 3.63) is 33.4 Å². The second kappa shape index (κ2) is 13.6. The lowest BCUT2D eigenvalue weighted by molar-refractivity contribution is -0.134. The van der Waals surface area contributed by atoms with Crippen molar-refractivity contribution in [1.29, 1.82) is 0 Å². The van der Waals surface area contributed by atoms with Gasteiger partial charge in [0, 0.05) is 22.2 Å². The third-order valence-electron chi connectivity index (χ3n) is 3.57. The molecule has 0 aliphatic rings. The highest BCUT2D eigenvalue weighted by Crippen LogP contribution is 2.10. The van der Waals surface area contributed by atoms with Crippen molar-refractivity contribution < 1.29 is 28.6 Å². The van der Waals surface area contributed by atoms with Crippen LogP contribution in [0.3, 0.4) is 0 Å². The van der Waals surface area contributed by atoms with Crippen LogP contribution in [0.2, 0.25) is 0 Å². The van der Waals surface area contributed by atoms with Gasteiger partial charge in [-0.2, -0.15) is 0 Å². The van der Waals surface area contributed by atoms with E-state index in [-0.39, 0.29) is 25.6 Å². The van der Waals surface area contributed by atoms with Gasteiger partial charge in [0.2, 0.25) is 11.7 Å². The molecule has 0 saturated carbocycles. The van der Waals surface area contributed by atoms with Crippen molar-refractivity contribution in [1.82, 2.24) is 5.32 Å². The Bertz CT molecular complexity index is 686. The van der Waals surface area contributed by atoms with E-state index in [0.29, 0.717) is 38.2 Å². The largest absolute Gasteiger partial charge is 0.379 e. The molecule has 0 heterocycles. The summed E-state index contributed by atoms with van der Waals surface area (Å²) in [6.45, 7) is 1.30. The molecule has 7 N–H and O–H groups in total. The molecule has 10 nitrogen and oxygen atoms in total. The predicted octanol–water partition coefficient (Wildman–Crippen LogP) is -0.523. The van der Waals surface area contributed by atoms with Gasteiger partial charge in [-0.3, -0.25) is 25.9 Å². The number of hydrogen-bond donors (Lipinski definition) is 4. The minimum Gasteiger partial charge on any atom is -0.379 e. The number of amides is 2. The molecule has 0 saturated heterocycles. The highest BCUT2D eigenvalue weighted by molar-refractivity contribution is 14.1. The number of carbonyl (C=O) groups is 3. The van der Waals surface area contributed by atoms with Crippen molar-refractivity contribution in [3.63, 3.8) is 0 Å². The molecule has 0 aliphatic carbocycles. The van der Waals surface area contributed by atoms with E-state index >= 15 is 0 Å². The second-order valence-electron chi connectivity index (χ2n) is 6.10. The summed E-state index contributed by atoms with van der Waals surface area (Å²) in [5.41, 5.74) is 16.2. The van der Waals surface area contributed by atoms with E-state index in [9.17, 15) is 14.4 Å². The van der Waals surface area contributed by atoms with E-state index in [1.54, 1.807) is 0 Å². The van der Waals surface area contributed by atoms with E-state index in [1.165, 1.54) is 0 Å². The Morgan fingerprint density at radius 3 is 2.24 bits per heavy atom. The van der Waals surface area contributed by atoms with Crippen molar-refractivity contribution >= 4 is 40.2 Å². The smallest absolute Gasteiger partial charge is 0.273 e. The van der Waals surface area contributed by atoms with Crippen molar-refractivity contribution in [2.24, 2.45) is 17.2 Å². The number of nitrogens with one attached hydrogen (secondary N) is 1. The number of Topliss-reactive ketones (excluding diaryl/α,β-unsaturated/α-hetero) is 1. The Hall–Kier alpha value is -1.64. The highest BCUT2D eigenvalue weighted by Gasteiger charge is 2.28. The van der Waals surface area contributed by atoms with Crippen LogP contribution in [0.5, 0.6) is 0 Å². The summed E-state index contributed by atoms with van der Waals surface area (Å²) < 4.78 is 16.8. The minimum absolute atomic E-state index is 0.0990. The highest BCUT2D eigenvalue weighted by atomic mass is 123. The molecule has 1 rings (SSSR count). The molecule has 2 amide bonds. The van der Waals surface area contributed by atoms with Crippen LogP contribution in [0.4, 0.5) is 0 Å². The number of primary amides is 1. The molecule has 0 spiro atoms. The maximum absolute atomic E-state index is 12.0. The fraction of sp³-hybridized carbons (Fsp3) is 0.500. The van der Waals surface area contributed by atoms with Gasteiger partial charge in [-0.1, -0.05) is 12.1 Å². The molecule has 11 heteroatoms. The van der Waals surface area contributed by atoms with Crippen LogP contribution in [0.15, 0.2) is 24.3 Å². The normalized spacial score (nSPS) is 11.3. The van der Waals surface area contributed by atoms with Crippen LogP contribution >= 0.6 is 22.6 Å². The summed E-state index contributed by atoms with van der Waals surface area (Å²) >= 11 is 2.17. The molecule has 0 aliphatic heterocycles. The zero-order valence-corrected chi connectivity index (χ0v) is 18.2. The summed E-state index contributed by atoms with van der Waals surface area (Å²) in [4.78, 5) is 34.4. The molecule has 0 fully saturated rings. The number of benzene rings is 1. The van der Waals surface area contributed by atoms with Gasteiger partial charge in [-0.25, -0.2) is 0 Å². The second-order valence-corrected chi connectivity index (χ2v) is 7.34. The number of ether oxygens (including phenoxy) is 3. The topological polar surface area (TPSA) is 169 Å². The van der Waals surface area contributed by atoms with Gasteiger partial charge in [0.05, 0.1) is 26.4 Å². The summed E-state index contributed by atoms with van der Waals surface area (Å²) in [6, 6.07) is 7.48. The first-order valence-electron chi connectivity index (χ1n) is 8.93. The molecule has 0 unspecified atom stereocenters. The Balaban J connectivity index is 1.95. The van der Waals surface area contributed by atoms with Gasteiger partial charge in [0.15, 0.2) is 5.78 Å². The maximum atomic E-state index is 12.0. The van der Waals surface area contributed by atoms with Crippen LogP contribution in [-0.2, 0) is 23.8 Å². The Kier molecular flexibility index (Phi) is 11.9. The molecule has 0 aromatic heterocycles. The van der Waals surface area contributed by atoms with Crippen LogP contribution in [-0.4, -0.2) is 63.0 Å². The standard InChI is InChI=1S/C18H27IN4O6/c19-14-4-1-3-13(11-14)15(24)5-2-6-27-7-8-28-9-10-29-12-16(25)23-18(21,22)17(20)26/h1,3-4,11H,2,5-10,12,21-22H2,(H2,20,26)(H,23,25)/i19-4. The fourth-order valence-electron chi connectivity index (χ4n) is 2.07. The number of hydrogen-bond acceptors (Lipinski definition) is 8. The molecule has 1 aromatic rings. The third-order valence-corrected chi connectivity index (χ3v) is 4.24. The Morgan fingerprint density at radius 2 is 1.62 bits per heavy atom. The first kappa shape index (κ1) is 25.4. The first-order valence-corrected chi connectivity index (χ1v) is 10.0. The lowest BCUT2D eigenvalue weighted by Gasteiger charge is -2.21. The van der Waals surface area contributed by atoms with E-state index < -0.39 is 17.6 Å². The number of nitrogens with two attached hydrogens (primary N) is 3. The average Bonchev–Trinajstić information content (AvgIpc) is 2.65. The fourth-order valence-corrected chi connectivity index (χ4v) is 2.62. The van der Waals surface area contributed by atoms with Gasteiger partial charge in [0.1, 0.15) is 6.61 Å². The SMILES string of the molecule is NC(=O)C(N)(N)NC(=O)COCCOCCOCCCC(=O)c1cccc([123I])c1. The van der Waals surface area contributed by atoms with Crippen LogP contribution in [0, 0.1) is 3.57 Å². The number of halogens is 1. The minimum atomic E-state index is -2.11. The average molecular weight is 518 g/mol. The third kappa shape index (κ3) is 11.2. The lowest BCUT2D eigenvalue weighted by atomic mass is 10.1. The number of carbonyl (C=O) groups excluding carboxylic acids is 3. The van der Waals surface area contributed by atoms with Gasteiger partial charge in [-0.15, -0.1) is 0 Å². The van der Waals surface area contributed by atoms with Crippen molar-refractivity contribution in [3.8, 4) is 0 Å². The predicted molar refractivity (Wildman–Crippen MR) is 114 cm³/mol.